The minimum atomic E-state index is 0.0633. The van der Waals surface area contributed by atoms with Gasteiger partial charge < -0.3 is 10.2 Å². The Morgan fingerprint density at radius 1 is 0.588 bits per heavy atom. The Balaban J connectivity index is 1.34. The third kappa shape index (κ3) is 11.7. The molecule has 0 saturated heterocycles. The maximum absolute atomic E-state index is 9.55. The second kappa shape index (κ2) is 17.8. The van der Waals surface area contributed by atoms with Crippen molar-refractivity contribution in [3.05, 3.63) is 58.7 Å². The van der Waals surface area contributed by atoms with Crippen molar-refractivity contribution in [2.24, 2.45) is 0 Å². The van der Waals surface area contributed by atoms with Crippen LogP contribution in [0.4, 0.5) is 0 Å². The van der Waals surface area contributed by atoms with E-state index in [1.165, 1.54) is 35.9 Å². The first kappa shape index (κ1) is 28.7. The molecule has 0 atom stereocenters. The molecule has 2 rings (SSSR count). The van der Waals surface area contributed by atoms with E-state index in [0.29, 0.717) is 11.1 Å². The molecule has 4 nitrogen and oxygen atoms in total. The Hall–Kier alpha value is -1.58. The average molecular weight is 533 g/mol. The number of phenolic OH excluding ortho intramolecular Hbond substituents is 2. The maximum Gasteiger partial charge on any atom is 0.133 e. The van der Waals surface area contributed by atoms with E-state index >= 15 is 0 Å². The minimum Gasteiger partial charge on any atom is -0.507 e. The highest BCUT2D eigenvalue weighted by Gasteiger charge is 2.03. The van der Waals surface area contributed by atoms with Crippen molar-refractivity contribution in [3.63, 3.8) is 0 Å². The summed E-state index contributed by atoms with van der Waals surface area (Å²) < 4.78 is 0. The van der Waals surface area contributed by atoms with Gasteiger partial charge in [-0.2, -0.15) is 34.0 Å². The molecule has 2 aromatic carbocycles. The smallest absolute Gasteiger partial charge is 0.133 e. The number of nitrogens with zero attached hydrogens (tertiary/aromatic N) is 2. The van der Waals surface area contributed by atoms with Crippen LogP contribution in [-0.4, -0.2) is 44.7 Å². The van der Waals surface area contributed by atoms with Crippen molar-refractivity contribution in [3.8, 4) is 23.6 Å². The summed E-state index contributed by atoms with van der Waals surface area (Å²) in [4.78, 5) is 0. The lowest BCUT2D eigenvalue weighted by Crippen LogP contribution is -1.92. The van der Waals surface area contributed by atoms with Crippen LogP contribution in [0.3, 0.4) is 0 Å². The van der Waals surface area contributed by atoms with Crippen LogP contribution in [0.1, 0.15) is 47.9 Å². The van der Waals surface area contributed by atoms with Crippen LogP contribution in [0.25, 0.3) is 0 Å². The van der Waals surface area contributed by atoms with Crippen LogP contribution in [0.5, 0.6) is 11.5 Å². The molecule has 0 aliphatic heterocycles. The fraction of sp³-hybridized carbons (Fsp3) is 0.462. The maximum atomic E-state index is 9.55. The molecule has 0 aliphatic rings. The summed E-state index contributed by atoms with van der Waals surface area (Å²) in [5.41, 5.74) is 2.96. The Kier molecular flexibility index (Phi) is 15.0. The van der Waals surface area contributed by atoms with E-state index in [4.69, 9.17) is 10.5 Å². The summed E-state index contributed by atoms with van der Waals surface area (Å²) in [6.07, 6.45) is 6.55. The molecular formula is C26H32N2O2S4. The lowest BCUT2D eigenvalue weighted by molar-refractivity contribution is 0.472. The number of rotatable bonds is 17. The molecule has 0 saturated carbocycles. The summed E-state index contributed by atoms with van der Waals surface area (Å²) in [6, 6.07) is 14.6. The molecule has 0 fully saturated rings. The zero-order valence-electron chi connectivity index (χ0n) is 19.4. The van der Waals surface area contributed by atoms with Gasteiger partial charge in [-0.25, -0.2) is 0 Å². The van der Waals surface area contributed by atoms with E-state index in [1.807, 2.05) is 69.4 Å². The van der Waals surface area contributed by atoms with Gasteiger partial charge in [0, 0.05) is 11.5 Å². The Morgan fingerprint density at radius 2 is 1.00 bits per heavy atom. The third-order valence-corrected chi connectivity index (χ3v) is 9.87. The molecule has 0 bridgehead atoms. The number of thioether (sulfide) groups is 2. The summed E-state index contributed by atoms with van der Waals surface area (Å²) in [6.45, 7) is 0. The number of hydrogen-bond donors (Lipinski definition) is 2. The first-order valence-electron chi connectivity index (χ1n) is 11.5. The van der Waals surface area contributed by atoms with Crippen molar-refractivity contribution < 1.29 is 10.2 Å². The number of aromatic hydroxyl groups is 2. The number of phenols is 2. The molecular weight excluding hydrogens is 501 g/mol. The van der Waals surface area contributed by atoms with Gasteiger partial charge in [0.05, 0.1) is 11.1 Å². The van der Waals surface area contributed by atoms with E-state index in [2.05, 4.69) is 0 Å². The van der Waals surface area contributed by atoms with E-state index in [0.717, 1.165) is 48.3 Å². The van der Waals surface area contributed by atoms with Gasteiger partial charge in [0.15, 0.2) is 0 Å². The summed E-state index contributed by atoms with van der Waals surface area (Å²) in [5.74, 6) is 7.17. The minimum absolute atomic E-state index is 0.0633. The molecule has 0 radical (unpaired) electrons. The zero-order chi connectivity index (χ0) is 24.4. The van der Waals surface area contributed by atoms with Gasteiger partial charge >= 0.3 is 0 Å². The second-order valence-electron chi connectivity index (χ2n) is 7.71. The van der Waals surface area contributed by atoms with E-state index in [-0.39, 0.29) is 11.5 Å². The average Bonchev–Trinajstić information content (AvgIpc) is 2.85. The SMILES string of the molecule is N#Cc1cc(CCCSCCCSSCCCSCCCc2ccc(O)c(C#N)c2)ccc1O. The van der Waals surface area contributed by atoms with Gasteiger partial charge in [-0.05, 0) is 96.9 Å². The lowest BCUT2D eigenvalue weighted by Gasteiger charge is -2.05. The topological polar surface area (TPSA) is 88.0 Å². The van der Waals surface area contributed by atoms with Gasteiger partial charge in [-0.1, -0.05) is 33.7 Å². The molecule has 182 valence electrons. The lowest BCUT2D eigenvalue weighted by atomic mass is 10.1. The molecule has 0 amide bonds. The summed E-state index contributed by atoms with van der Waals surface area (Å²) in [5, 5.41) is 37.0. The standard InChI is InChI=1S/C26H32N2O2S4/c27-19-23-17-21(7-9-25(23)29)5-1-11-31-13-3-15-33-34-16-4-14-32-12-2-6-22-8-10-26(30)24(18-22)20-28/h7-10,17-18,29-30H,1-6,11-16H2. The fourth-order valence-electron chi connectivity index (χ4n) is 3.18. The van der Waals surface area contributed by atoms with Crippen molar-refractivity contribution >= 4 is 45.1 Å². The molecule has 8 heteroatoms. The van der Waals surface area contributed by atoms with Crippen LogP contribution in [0, 0.1) is 22.7 Å². The van der Waals surface area contributed by atoms with Crippen molar-refractivity contribution in [2.45, 2.75) is 38.5 Å². The number of aryl methyl sites for hydroxylation is 2. The molecule has 0 aliphatic carbocycles. The van der Waals surface area contributed by atoms with Crippen LogP contribution in [0.15, 0.2) is 36.4 Å². The van der Waals surface area contributed by atoms with E-state index in [1.54, 1.807) is 24.3 Å². The second-order valence-corrected chi connectivity index (χ2v) is 12.9. The van der Waals surface area contributed by atoms with Gasteiger partial charge in [0.25, 0.3) is 0 Å². The van der Waals surface area contributed by atoms with Crippen LogP contribution >= 0.6 is 45.1 Å². The zero-order valence-corrected chi connectivity index (χ0v) is 22.6. The fourth-order valence-corrected chi connectivity index (χ4v) is 7.52. The van der Waals surface area contributed by atoms with Gasteiger partial charge in [-0.15, -0.1) is 0 Å². The van der Waals surface area contributed by atoms with Gasteiger partial charge in [0.2, 0.25) is 0 Å². The largest absolute Gasteiger partial charge is 0.507 e. The molecule has 34 heavy (non-hydrogen) atoms. The number of benzene rings is 2. The van der Waals surface area contributed by atoms with Gasteiger partial charge in [0.1, 0.15) is 23.6 Å². The van der Waals surface area contributed by atoms with Crippen LogP contribution < -0.4 is 0 Å². The van der Waals surface area contributed by atoms with Crippen molar-refractivity contribution in [1.29, 1.82) is 10.5 Å². The Bertz CT molecular complexity index is 879. The van der Waals surface area contributed by atoms with E-state index in [9.17, 15) is 10.2 Å². The third-order valence-electron chi connectivity index (χ3n) is 4.99. The number of hydrogen-bond acceptors (Lipinski definition) is 8. The monoisotopic (exact) mass is 532 g/mol. The Morgan fingerprint density at radius 3 is 1.41 bits per heavy atom. The molecule has 0 aromatic heterocycles. The molecule has 2 aromatic rings. The predicted octanol–water partition coefficient (Wildman–Crippen LogP) is 7.03. The summed E-state index contributed by atoms with van der Waals surface area (Å²) >= 11 is 4.00. The van der Waals surface area contributed by atoms with Crippen molar-refractivity contribution in [2.75, 3.05) is 34.5 Å². The van der Waals surface area contributed by atoms with E-state index < -0.39 is 0 Å². The molecule has 2 N–H and O–H groups in total. The van der Waals surface area contributed by atoms with Crippen LogP contribution in [0.2, 0.25) is 0 Å². The first-order chi connectivity index (χ1) is 16.6. The normalized spacial score (nSPS) is 10.6. The first-order valence-corrected chi connectivity index (χ1v) is 16.3. The van der Waals surface area contributed by atoms with Gasteiger partial charge in [-0.3, -0.25) is 0 Å². The number of nitriles is 2. The predicted molar refractivity (Wildman–Crippen MR) is 151 cm³/mol. The highest BCUT2D eigenvalue weighted by molar-refractivity contribution is 8.76. The molecule has 0 unspecified atom stereocenters. The van der Waals surface area contributed by atoms with Crippen molar-refractivity contribution in [1.82, 2.24) is 0 Å². The highest BCUT2D eigenvalue weighted by atomic mass is 33.1. The summed E-state index contributed by atoms with van der Waals surface area (Å²) in [7, 11) is 3.97. The quantitative estimate of drug-likeness (QED) is 0.166. The van der Waals surface area contributed by atoms with Crippen LogP contribution in [-0.2, 0) is 12.8 Å². The Labute approximate surface area is 220 Å². The molecule has 0 heterocycles. The molecule has 0 spiro atoms. The highest BCUT2D eigenvalue weighted by Crippen LogP contribution is 2.25.